The highest BCUT2D eigenvalue weighted by Crippen LogP contribution is 2.22. The van der Waals surface area contributed by atoms with Crippen LogP contribution in [-0.2, 0) is 6.54 Å². The molecule has 0 aliphatic carbocycles. The van der Waals surface area contributed by atoms with Gasteiger partial charge in [0.1, 0.15) is 11.5 Å². The number of methoxy groups -OCH3 is 2. The Bertz CT molecular complexity index is 377. The van der Waals surface area contributed by atoms with Crippen molar-refractivity contribution in [2.75, 3.05) is 20.8 Å². The number of nitriles is 1. The molecule has 0 aliphatic heterocycles. The lowest BCUT2D eigenvalue weighted by Crippen LogP contribution is -2.19. The Balaban J connectivity index is 2.61. The molecule has 1 aromatic carbocycles. The molecule has 0 amide bonds. The summed E-state index contributed by atoms with van der Waals surface area (Å²) in [6, 6.07) is 7.92. The van der Waals surface area contributed by atoms with Gasteiger partial charge in [-0.1, -0.05) is 0 Å². The van der Waals surface area contributed by atoms with Crippen LogP contribution in [0.4, 0.5) is 0 Å². The zero-order chi connectivity index (χ0) is 12.7. The molecule has 0 saturated carbocycles. The summed E-state index contributed by atoms with van der Waals surface area (Å²) < 4.78 is 10.4. The zero-order valence-electron chi connectivity index (χ0n) is 10.5. The van der Waals surface area contributed by atoms with Crippen molar-refractivity contribution in [3.05, 3.63) is 23.8 Å². The van der Waals surface area contributed by atoms with E-state index in [1.54, 1.807) is 14.2 Å². The van der Waals surface area contributed by atoms with Gasteiger partial charge in [0.15, 0.2) is 0 Å². The van der Waals surface area contributed by atoms with Gasteiger partial charge in [0, 0.05) is 19.2 Å². The Morgan fingerprint density at radius 1 is 1.24 bits per heavy atom. The second-order valence-electron chi connectivity index (χ2n) is 3.88. The van der Waals surface area contributed by atoms with Crippen molar-refractivity contribution < 1.29 is 9.47 Å². The van der Waals surface area contributed by atoms with Crippen LogP contribution in [0.2, 0.25) is 0 Å². The van der Waals surface area contributed by atoms with E-state index in [0.717, 1.165) is 17.1 Å². The Morgan fingerprint density at radius 3 is 2.29 bits per heavy atom. The van der Waals surface area contributed by atoms with Crippen LogP contribution in [0.5, 0.6) is 11.5 Å². The van der Waals surface area contributed by atoms with Gasteiger partial charge in [-0.3, -0.25) is 0 Å². The largest absolute Gasteiger partial charge is 0.497 e. The minimum Gasteiger partial charge on any atom is -0.497 e. The quantitative estimate of drug-likeness (QED) is 0.817. The van der Waals surface area contributed by atoms with Crippen molar-refractivity contribution in [1.82, 2.24) is 5.32 Å². The van der Waals surface area contributed by atoms with Crippen molar-refractivity contribution in [3.63, 3.8) is 0 Å². The SMILES string of the molecule is COc1cc(CNCC(C)C#N)cc(OC)c1. The van der Waals surface area contributed by atoms with E-state index < -0.39 is 0 Å². The molecule has 0 saturated heterocycles. The number of hydrogen-bond donors (Lipinski definition) is 1. The minimum atomic E-state index is 0.0162. The van der Waals surface area contributed by atoms with Crippen LogP contribution >= 0.6 is 0 Å². The van der Waals surface area contributed by atoms with Crippen molar-refractivity contribution in [3.8, 4) is 17.6 Å². The highest BCUT2D eigenvalue weighted by atomic mass is 16.5. The van der Waals surface area contributed by atoms with Crippen molar-refractivity contribution in [2.24, 2.45) is 5.92 Å². The molecule has 0 heterocycles. The minimum absolute atomic E-state index is 0.0162. The van der Waals surface area contributed by atoms with E-state index in [9.17, 15) is 0 Å². The number of rotatable bonds is 6. The molecule has 1 unspecified atom stereocenters. The maximum absolute atomic E-state index is 8.67. The molecule has 0 aromatic heterocycles. The summed E-state index contributed by atoms with van der Waals surface area (Å²) in [6.45, 7) is 3.26. The summed E-state index contributed by atoms with van der Waals surface area (Å²) in [5.74, 6) is 1.56. The van der Waals surface area contributed by atoms with Gasteiger partial charge in [0.05, 0.1) is 26.2 Å². The van der Waals surface area contributed by atoms with Gasteiger partial charge in [-0.2, -0.15) is 5.26 Å². The Morgan fingerprint density at radius 2 is 1.82 bits per heavy atom. The molecule has 1 N–H and O–H groups in total. The Labute approximate surface area is 102 Å². The fourth-order valence-corrected chi connectivity index (χ4v) is 1.45. The average Bonchev–Trinajstić information content (AvgIpc) is 2.37. The Kier molecular flexibility index (Phi) is 5.31. The topological polar surface area (TPSA) is 54.3 Å². The maximum Gasteiger partial charge on any atom is 0.122 e. The van der Waals surface area contributed by atoms with Gasteiger partial charge in [-0.05, 0) is 24.6 Å². The maximum atomic E-state index is 8.67. The second-order valence-corrected chi connectivity index (χ2v) is 3.88. The van der Waals surface area contributed by atoms with Crippen LogP contribution in [0.1, 0.15) is 12.5 Å². The molecule has 0 bridgehead atoms. The van der Waals surface area contributed by atoms with E-state index in [2.05, 4.69) is 11.4 Å². The van der Waals surface area contributed by atoms with Crippen molar-refractivity contribution in [1.29, 1.82) is 5.26 Å². The van der Waals surface area contributed by atoms with Gasteiger partial charge < -0.3 is 14.8 Å². The molecule has 4 nitrogen and oxygen atoms in total. The summed E-state index contributed by atoms with van der Waals surface area (Å²) in [7, 11) is 3.26. The standard InChI is InChI=1S/C13H18N2O2/c1-10(7-14)8-15-9-11-4-12(16-2)6-13(5-11)17-3/h4-6,10,15H,8-9H2,1-3H3. The van der Waals surface area contributed by atoms with Crippen LogP contribution in [0.3, 0.4) is 0 Å². The number of ether oxygens (including phenoxy) is 2. The summed E-state index contributed by atoms with van der Waals surface area (Å²) in [4.78, 5) is 0. The molecule has 0 aliphatic rings. The van der Waals surface area contributed by atoms with E-state index >= 15 is 0 Å². The number of benzene rings is 1. The van der Waals surface area contributed by atoms with Crippen LogP contribution in [0.25, 0.3) is 0 Å². The molecule has 1 atom stereocenters. The highest BCUT2D eigenvalue weighted by Gasteiger charge is 2.03. The van der Waals surface area contributed by atoms with Gasteiger partial charge in [-0.25, -0.2) is 0 Å². The Hall–Kier alpha value is -1.73. The van der Waals surface area contributed by atoms with Crippen LogP contribution in [0, 0.1) is 17.2 Å². The molecule has 0 radical (unpaired) electrons. The zero-order valence-corrected chi connectivity index (χ0v) is 10.5. The lowest BCUT2D eigenvalue weighted by atomic mass is 10.1. The van der Waals surface area contributed by atoms with Crippen LogP contribution in [0.15, 0.2) is 18.2 Å². The molecular weight excluding hydrogens is 216 g/mol. The third-order valence-corrected chi connectivity index (χ3v) is 2.41. The first-order valence-corrected chi connectivity index (χ1v) is 5.52. The summed E-state index contributed by atoms with van der Waals surface area (Å²) in [5, 5.41) is 11.9. The molecule has 1 aromatic rings. The number of hydrogen-bond acceptors (Lipinski definition) is 4. The highest BCUT2D eigenvalue weighted by molar-refractivity contribution is 5.38. The fourth-order valence-electron chi connectivity index (χ4n) is 1.45. The third-order valence-electron chi connectivity index (χ3n) is 2.41. The first-order chi connectivity index (χ1) is 8.19. The monoisotopic (exact) mass is 234 g/mol. The first-order valence-electron chi connectivity index (χ1n) is 5.52. The van der Waals surface area contributed by atoms with E-state index in [1.807, 2.05) is 25.1 Å². The lowest BCUT2D eigenvalue weighted by Gasteiger charge is -2.10. The van der Waals surface area contributed by atoms with Crippen molar-refractivity contribution in [2.45, 2.75) is 13.5 Å². The van der Waals surface area contributed by atoms with Crippen LogP contribution in [-0.4, -0.2) is 20.8 Å². The molecule has 92 valence electrons. The first kappa shape index (κ1) is 13.3. The van der Waals surface area contributed by atoms with E-state index in [-0.39, 0.29) is 5.92 Å². The predicted octanol–water partition coefficient (Wildman–Crippen LogP) is 1.95. The molecule has 1 rings (SSSR count). The van der Waals surface area contributed by atoms with Gasteiger partial charge >= 0.3 is 0 Å². The van der Waals surface area contributed by atoms with Gasteiger partial charge in [0.25, 0.3) is 0 Å². The second kappa shape index (κ2) is 6.77. The van der Waals surface area contributed by atoms with Crippen molar-refractivity contribution >= 4 is 0 Å². The lowest BCUT2D eigenvalue weighted by molar-refractivity contribution is 0.393. The molecule has 4 heteroatoms. The van der Waals surface area contributed by atoms with E-state index in [1.165, 1.54) is 0 Å². The number of nitrogens with zero attached hydrogens (tertiary/aromatic N) is 1. The smallest absolute Gasteiger partial charge is 0.122 e. The average molecular weight is 234 g/mol. The van der Waals surface area contributed by atoms with E-state index in [4.69, 9.17) is 14.7 Å². The summed E-state index contributed by atoms with van der Waals surface area (Å²) in [6.07, 6.45) is 0. The van der Waals surface area contributed by atoms with Gasteiger partial charge in [-0.15, -0.1) is 0 Å². The molecule has 17 heavy (non-hydrogen) atoms. The third kappa shape index (κ3) is 4.33. The normalized spacial score (nSPS) is 11.6. The summed E-state index contributed by atoms with van der Waals surface area (Å²) >= 11 is 0. The van der Waals surface area contributed by atoms with Crippen LogP contribution < -0.4 is 14.8 Å². The number of nitrogens with one attached hydrogen (secondary N) is 1. The summed E-state index contributed by atoms with van der Waals surface area (Å²) in [5.41, 5.74) is 1.08. The predicted molar refractivity (Wildman–Crippen MR) is 66.0 cm³/mol. The molecule has 0 spiro atoms. The van der Waals surface area contributed by atoms with Gasteiger partial charge in [0.2, 0.25) is 0 Å². The molecular formula is C13H18N2O2. The van der Waals surface area contributed by atoms with E-state index in [0.29, 0.717) is 13.1 Å². The molecule has 0 fully saturated rings. The fraction of sp³-hybridized carbons (Fsp3) is 0.462.